The van der Waals surface area contributed by atoms with Gasteiger partial charge in [-0.3, -0.25) is 0 Å². The van der Waals surface area contributed by atoms with Crippen molar-refractivity contribution in [3.63, 3.8) is 0 Å². The fourth-order valence-electron chi connectivity index (χ4n) is 2.67. The number of aromatic nitrogens is 3. The van der Waals surface area contributed by atoms with E-state index in [0.29, 0.717) is 6.54 Å². The number of nitrogens with zero attached hydrogens (tertiary/aromatic N) is 5. The molecule has 2 N–H and O–H groups in total. The number of aryl methyl sites for hydroxylation is 1. The Labute approximate surface area is 124 Å². The molecular formula is C15H20N6. The number of hydrogen-bond acceptors (Lipinski definition) is 6. The largest absolute Gasteiger partial charge is 0.353 e. The third-order valence-corrected chi connectivity index (χ3v) is 3.89. The van der Waals surface area contributed by atoms with Crippen LogP contribution in [0.1, 0.15) is 11.1 Å². The van der Waals surface area contributed by atoms with Gasteiger partial charge in [-0.25, -0.2) is 15.0 Å². The molecule has 0 atom stereocenters. The van der Waals surface area contributed by atoms with Crippen molar-refractivity contribution in [2.45, 2.75) is 13.5 Å². The molecule has 0 saturated carbocycles. The summed E-state index contributed by atoms with van der Waals surface area (Å²) in [5, 5.41) is 0. The molecule has 0 amide bonds. The van der Waals surface area contributed by atoms with Crippen LogP contribution in [0.25, 0.3) is 0 Å². The van der Waals surface area contributed by atoms with Gasteiger partial charge in [0.2, 0.25) is 5.95 Å². The maximum absolute atomic E-state index is 5.88. The molecule has 2 aromatic heterocycles. The van der Waals surface area contributed by atoms with E-state index in [0.717, 1.165) is 43.5 Å². The quantitative estimate of drug-likeness (QED) is 0.905. The highest BCUT2D eigenvalue weighted by molar-refractivity contribution is 5.51. The van der Waals surface area contributed by atoms with Crippen molar-refractivity contribution in [1.82, 2.24) is 15.0 Å². The normalized spacial score (nSPS) is 15.3. The predicted octanol–water partition coefficient (Wildman–Crippen LogP) is 0.965. The average Bonchev–Trinajstić information content (AvgIpc) is 2.55. The lowest BCUT2D eigenvalue weighted by atomic mass is 10.1. The molecule has 0 radical (unpaired) electrons. The Bertz CT molecular complexity index is 592. The molecular weight excluding hydrogens is 264 g/mol. The zero-order valence-corrected chi connectivity index (χ0v) is 12.2. The monoisotopic (exact) mass is 284 g/mol. The molecule has 6 nitrogen and oxygen atoms in total. The van der Waals surface area contributed by atoms with E-state index in [-0.39, 0.29) is 0 Å². The van der Waals surface area contributed by atoms with Crippen molar-refractivity contribution in [1.29, 1.82) is 0 Å². The first-order chi connectivity index (χ1) is 10.3. The lowest BCUT2D eigenvalue weighted by Gasteiger charge is -2.36. The lowest BCUT2D eigenvalue weighted by molar-refractivity contribution is 0.631. The minimum Gasteiger partial charge on any atom is -0.353 e. The molecule has 1 aliphatic rings. The Kier molecular flexibility index (Phi) is 3.96. The standard InChI is InChI=1S/C15H20N6/c1-12-3-6-17-14(13(12)11-16)20-7-9-21(10-8-20)15-18-4-2-5-19-15/h2-6H,7-11,16H2,1H3. The highest BCUT2D eigenvalue weighted by Crippen LogP contribution is 2.22. The summed E-state index contributed by atoms with van der Waals surface area (Å²) >= 11 is 0. The summed E-state index contributed by atoms with van der Waals surface area (Å²) < 4.78 is 0. The van der Waals surface area contributed by atoms with Gasteiger partial charge in [0.25, 0.3) is 0 Å². The Morgan fingerprint density at radius 3 is 2.33 bits per heavy atom. The molecule has 1 aliphatic heterocycles. The van der Waals surface area contributed by atoms with Gasteiger partial charge in [-0.2, -0.15) is 0 Å². The van der Waals surface area contributed by atoms with Gasteiger partial charge >= 0.3 is 0 Å². The molecule has 0 unspecified atom stereocenters. The van der Waals surface area contributed by atoms with E-state index in [1.54, 1.807) is 12.4 Å². The maximum atomic E-state index is 5.88. The number of piperazine rings is 1. The fourth-order valence-corrected chi connectivity index (χ4v) is 2.67. The summed E-state index contributed by atoms with van der Waals surface area (Å²) in [5.74, 6) is 1.82. The van der Waals surface area contributed by atoms with Crippen LogP contribution in [0, 0.1) is 6.92 Å². The van der Waals surface area contributed by atoms with Crippen LogP contribution in [-0.4, -0.2) is 41.1 Å². The topological polar surface area (TPSA) is 71.2 Å². The molecule has 110 valence electrons. The minimum absolute atomic E-state index is 0.525. The van der Waals surface area contributed by atoms with Crippen molar-refractivity contribution in [3.05, 3.63) is 41.9 Å². The summed E-state index contributed by atoms with van der Waals surface area (Å²) in [4.78, 5) is 17.6. The Morgan fingerprint density at radius 2 is 1.67 bits per heavy atom. The smallest absolute Gasteiger partial charge is 0.225 e. The van der Waals surface area contributed by atoms with Crippen LogP contribution in [0.15, 0.2) is 30.7 Å². The number of rotatable bonds is 3. The van der Waals surface area contributed by atoms with Gasteiger partial charge < -0.3 is 15.5 Å². The van der Waals surface area contributed by atoms with Crippen molar-refractivity contribution in [3.8, 4) is 0 Å². The second kappa shape index (κ2) is 6.05. The van der Waals surface area contributed by atoms with Crippen molar-refractivity contribution < 1.29 is 0 Å². The fraction of sp³-hybridized carbons (Fsp3) is 0.400. The second-order valence-electron chi connectivity index (χ2n) is 5.16. The molecule has 0 bridgehead atoms. The van der Waals surface area contributed by atoms with Crippen molar-refractivity contribution >= 4 is 11.8 Å². The zero-order valence-electron chi connectivity index (χ0n) is 12.2. The molecule has 3 rings (SSSR count). The SMILES string of the molecule is Cc1ccnc(N2CCN(c3ncccn3)CC2)c1CN. The molecule has 0 aromatic carbocycles. The Hall–Kier alpha value is -2.21. The summed E-state index contributed by atoms with van der Waals surface area (Å²) in [5.41, 5.74) is 8.23. The zero-order chi connectivity index (χ0) is 14.7. The van der Waals surface area contributed by atoms with Gasteiger partial charge in [-0.1, -0.05) is 0 Å². The first kappa shape index (κ1) is 13.8. The van der Waals surface area contributed by atoms with E-state index in [1.807, 2.05) is 18.3 Å². The van der Waals surface area contributed by atoms with Crippen LogP contribution in [-0.2, 0) is 6.54 Å². The highest BCUT2D eigenvalue weighted by atomic mass is 15.3. The average molecular weight is 284 g/mol. The third-order valence-electron chi connectivity index (χ3n) is 3.89. The first-order valence-electron chi connectivity index (χ1n) is 7.21. The molecule has 0 aliphatic carbocycles. The minimum atomic E-state index is 0.525. The molecule has 6 heteroatoms. The van der Waals surface area contributed by atoms with Gasteiger partial charge in [0, 0.05) is 56.9 Å². The van der Waals surface area contributed by atoms with E-state index in [4.69, 9.17) is 5.73 Å². The summed E-state index contributed by atoms with van der Waals surface area (Å²) in [7, 11) is 0. The third kappa shape index (κ3) is 2.80. The van der Waals surface area contributed by atoms with E-state index in [9.17, 15) is 0 Å². The molecule has 0 spiro atoms. The number of hydrogen-bond donors (Lipinski definition) is 1. The maximum Gasteiger partial charge on any atom is 0.225 e. The highest BCUT2D eigenvalue weighted by Gasteiger charge is 2.21. The van der Waals surface area contributed by atoms with Crippen LogP contribution in [0.3, 0.4) is 0 Å². The molecule has 1 fully saturated rings. The van der Waals surface area contributed by atoms with Crippen LogP contribution in [0.4, 0.5) is 11.8 Å². The van der Waals surface area contributed by atoms with Gasteiger partial charge in [0.15, 0.2) is 0 Å². The van der Waals surface area contributed by atoms with Crippen molar-refractivity contribution in [2.75, 3.05) is 36.0 Å². The van der Waals surface area contributed by atoms with Crippen LogP contribution >= 0.6 is 0 Å². The second-order valence-corrected chi connectivity index (χ2v) is 5.16. The number of anilines is 2. The predicted molar refractivity (Wildman–Crippen MR) is 83.3 cm³/mol. The molecule has 21 heavy (non-hydrogen) atoms. The number of pyridine rings is 1. The molecule has 3 heterocycles. The molecule has 2 aromatic rings. The first-order valence-corrected chi connectivity index (χ1v) is 7.21. The summed E-state index contributed by atoms with van der Waals surface area (Å²) in [6, 6.07) is 3.85. The van der Waals surface area contributed by atoms with Crippen LogP contribution < -0.4 is 15.5 Å². The Balaban J connectivity index is 1.73. The molecule has 1 saturated heterocycles. The van der Waals surface area contributed by atoms with E-state index < -0.39 is 0 Å². The van der Waals surface area contributed by atoms with E-state index in [1.165, 1.54) is 5.56 Å². The summed E-state index contributed by atoms with van der Waals surface area (Å²) in [6.45, 7) is 6.20. The van der Waals surface area contributed by atoms with Crippen LogP contribution in [0.2, 0.25) is 0 Å². The Morgan fingerprint density at radius 1 is 1.00 bits per heavy atom. The van der Waals surface area contributed by atoms with E-state index >= 15 is 0 Å². The van der Waals surface area contributed by atoms with E-state index in [2.05, 4.69) is 31.7 Å². The van der Waals surface area contributed by atoms with Crippen molar-refractivity contribution in [2.24, 2.45) is 5.73 Å². The van der Waals surface area contributed by atoms with Gasteiger partial charge in [-0.05, 0) is 24.6 Å². The van der Waals surface area contributed by atoms with Gasteiger partial charge in [0.05, 0.1) is 0 Å². The number of nitrogens with two attached hydrogens (primary N) is 1. The van der Waals surface area contributed by atoms with Crippen LogP contribution in [0.5, 0.6) is 0 Å². The van der Waals surface area contributed by atoms with Gasteiger partial charge in [0.1, 0.15) is 5.82 Å². The van der Waals surface area contributed by atoms with Gasteiger partial charge in [-0.15, -0.1) is 0 Å². The lowest BCUT2D eigenvalue weighted by Crippen LogP contribution is -2.47. The summed E-state index contributed by atoms with van der Waals surface area (Å²) in [6.07, 6.45) is 5.42.